The van der Waals surface area contributed by atoms with Gasteiger partial charge in [0.2, 0.25) is 5.56 Å². The van der Waals surface area contributed by atoms with Crippen LogP contribution in [0, 0.1) is 6.92 Å². The number of nitrogens with one attached hydrogen (secondary N) is 1. The van der Waals surface area contributed by atoms with Gasteiger partial charge in [0.25, 0.3) is 0 Å². The minimum absolute atomic E-state index is 0.0147. The van der Waals surface area contributed by atoms with Crippen LogP contribution in [0.15, 0.2) is 29.1 Å². The van der Waals surface area contributed by atoms with Crippen molar-refractivity contribution >= 4 is 32.3 Å². The van der Waals surface area contributed by atoms with Crippen LogP contribution in [0.3, 0.4) is 0 Å². The van der Waals surface area contributed by atoms with E-state index in [-0.39, 0.29) is 11.6 Å². The summed E-state index contributed by atoms with van der Waals surface area (Å²) in [5.74, 6) is 0.875. The Kier molecular flexibility index (Phi) is 3.23. The summed E-state index contributed by atoms with van der Waals surface area (Å²) in [6, 6.07) is 7.33. The Morgan fingerprint density at radius 1 is 1.35 bits per heavy atom. The van der Waals surface area contributed by atoms with Gasteiger partial charge in [-0.25, -0.2) is 0 Å². The molecule has 0 radical (unpaired) electrons. The average molecular weight is 288 g/mol. The molecule has 0 spiro atoms. The molecule has 0 amide bonds. The van der Waals surface area contributed by atoms with Gasteiger partial charge in [-0.1, -0.05) is 0 Å². The van der Waals surface area contributed by atoms with Crippen molar-refractivity contribution in [3.63, 3.8) is 0 Å². The quantitative estimate of drug-likeness (QED) is 0.778. The molecule has 1 atom stereocenters. The molecule has 1 aromatic carbocycles. The van der Waals surface area contributed by atoms with Crippen LogP contribution in [0.2, 0.25) is 0 Å². The van der Waals surface area contributed by atoms with E-state index in [4.69, 9.17) is 10.5 Å². The Morgan fingerprint density at radius 2 is 2.15 bits per heavy atom. The zero-order valence-corrected chi connectivity index (χ0v) is 12.2. The summed E-state index contributed by atoms with van der Waals surface area (Å²) in [5.41, 5.74) is 6.50. The lowest BCUT2D eigenvalue weighted by molar-refractivity contribution is 0.299. The molecule has 4 nitrogen and oxygen atoms in total. The molecule has 0 bridgehead atoms. The highest BCUT2D eigenvalue weighted by molar-refractivity contribution is 7.19. The number of ether oxygens (including phenoxy) is 1. The van der Waals surface area contributed by atoms with Gasteiger partial charge in [-0.05, 0) is 32.0 Å². The van der Waals surface area contributed by atoms with Gasteiger partial charge >= 0.3 is 0 Å². The molecule has 0 aliphatic heterocycles. The molecule has 0 saturated carbocycles. The first kappa shape index (κ1) is 13.1. The lowest BCUT2D eigenvalue weighted by Crippen LogP contribution is -2.23. The molecule has 3 N–H and O–H groups in total. The average Bonchev–Trinajstić information content (AvgIpc) is 2.72. The Labute approximate surface area is 120 Å². The van der Waals surface area contributed by atoms with Crippen LogP contribution in [0.4, 0.5) is 0 Å². The van der Waals surface area contributed by atoms with Crippen LogP contribution in [0.1, 0.15) is 11.8 Å². The van der Waals surface area contributed by atoms with E-state index in [1.807, 2.05) is 32.0 Å². The van der Waals surface area contributed by atoms with Gasteiger partial charge in [-0.15, -0.1) is 11.3 Å². The maximum atomic E-state index is 11.4. The number of H-pyrrole nitrogens is 1. The first-order valence-corrected chi connectivity index (χ1v) is 7.31. The fraction of sp³-hybridized carbons (Fsp3) is 0.267. The SMILES string of the molecule is Cc1sc2ccc3[nH]c(=O)ccc3c2c1OC[C@@H](C)N. The predicted molar refractivity (Wildman–Crippen MR) is 83.8 cm³/mol. The van der Waals surface area contributed by atoms with Crippen LogP contribution < -0.4 is 16.0 Å². The number of aryl methyl sites for hydroxylation is 1. The van der Waals surface area contributed by atoms with Crippen LogP contribution in [0.25, 0.3) is 21.0 Å². The third kappa shape index (κ3) is 2.19. The highest BCUT2D eigenvalue weighted by atomic mass is 32.1. The highest BCUT2D eigenvalue weighted by Gasteiger charge is 2.14. The molecule has 3 aromatic rings. The first-order valence-electron chi connectivity index (χ1n) is 6.50. The summed E-state index contributed by atoms with van der Waals surface area (Å²) in [6.45, 7) is 4.44. The fourth-order valence-corrected chi connectivity index (χ4v) is 3.33. The van der Waals surface area contributed by atoms with Crippen LogP contribution in [0.5, 0.6) is 5.75 Å². The Hall–Kier alpha value is -1.85. The van der Waals surface area contributed by atoms with E-state index >= 15 is 0 Å². The maximum Gasteiger partial charge on any atom is 0.248 e. The van der Waals surface area contributed by atoms with Crippen LogP contribution in [-0.4, -0.2) is 17.6 Å². The number of hydrogen-bond acceptors (Lipinski definition) is 4. The molecular formula is C15H16N2O2S. The largest absolute Gasteiger partial charge is 0.490 e. The highest BCUT2D eigenvalue weighted by Crippen LogP contribution is 2.40. The molecule has 0 fully saturated rings. The molecular weight excluding hydrogens is 272 g/mol. The molecule has 0 aliphatic rings. The molecule has 0 aliphatic carbocycles. The molecule has 2 heterocycles. The normalized spacial score (nSPS) is 12.9. The second-order valence-corrected chi connectivity index (χ2v) is 6.25. The van der Waals surface area contributed by atoms with Gasteiger partial charge in [-0.3, -0.25) is 4.79 Å². The van der Waals surface area contributed by atoms with Crippen molar-refractivity contribution in [1.82, 2.24) is 4.98 Å². The summed E-state index contributed by atoms with van der Waals surface area (Å²) in [7, 11) is 0. The van der Waals surface area contributed by atoms with Crippen molar-refractivity contribution in [2.45, 2.75) is 19.9 Å². The molecule has 0 saturated heterocycles. The van der Waals surface area contributed by atoms with Crippen molar-refractivity contribution < 1.29 is 4.74 Å². The van der Waals surface area contributed by atoms with Crippen LogP contribution >= 0.6 is 11.3 Å². The molecule has 2 aromatic heterocycles. The smallest absolute Gasteiger partial charge is 0.248 e. The van der Waals surface area contributed by atoms with E-state index in [1.165, 1.54) is 0 Å². The van der Waals surface area contributed by atoms with Crippen molar-refractivity contribution in [3.05, 3.63) is 39.5 Å². The van der Waals surface area contributed by atoms with Gasteiger partial charge in [0, 0.05) is 38.0 Å². The number of hydrogen-bond donors (Lipinski definition) is 2. The summed E-state index contributed by atoms with van der Waals surface area (Å²) in [5, 5.41) is 2.06. The minimum Gasteiger partial charge on any atom is -0.490 e. The molecule has 0 unspecified atom stereocenters. The lowest BCUT2D eigenvalue weighted by atomic mass is 10.1. The van der Waals surface area contributed by atoms with E-state index in [0.717, 1.165) is 31.6 Å². The fourth-order valence-electron chi connectivity index (χ4n) is 2.31. The van der Waals surface area contributed by atoms with Crippen molar-refractivity contribution in [1.29, 1.82) is 0 Å². The standard InChI is InChI=1S/C15H16N2O2S/c1-8(16)7-19-15-9(2)20-12-5-4-11-10(14(12)15)3-6-13(18)17-11/h3-6,8H,7,16H2,1-2H3,(H,17,18)/t8-/m1/s1. The summed E-state index contributed by atoms with van der Waals surface area (Å²) in [4.78, 5) is 15.4. The Bertz CT molecular complexity index is 833. The lowest BCUT2D eigenvalue weighted by Gasteiger charge is -2.10. The number of benzene rings is 1. The Morgan fingerprint density at radius 3 is 2.90 bits per heavy atom. The number of nitrogens with two attached hydrogens (primary N) is 1. The van der Waals surface area contributed by atoms with E-state index in [1.54, 1.807) is 17.4 Å². The van der Waals surface area contributed by atoms with E-state index in [0.29, 0.717) is 6.61 Å². The Balaban J connectivity index is 2.27. The van der Waals surface area contributed by atoms with Crippen molar-refractivity contribution in [2.75, 3.05) is 6.61 Å². The molecule has 5 heteroatoms. The zero-order chi connectivity index (χ0) is 14.3. The van der Waals surface area contributed by atoms with Crippen molar-refractivity contribution in [3.8, 4) is 5.75 Å². The number of pyridine rings is 1. The summed E-state index contributed by atoms with van der Waals surface area (Å²) < 4.78 is 7.04. The molecule has 20 heavy (non-hydrogen) atoms. The molecule has 104 valence electrons. The van der Waals surface area contributed by atoms with Gasteiger partial charge in [-0.2, -0.15) is 0 Å². The minimum atomic E-state index is -0.0955. The first-order chi connectivity index (χ1) is 9.56. The van der Waals surface area contributed by atoms with Gasteiger partial charge in [0.1, 0.15) is 12.4 Å². The number of aromatic nitrogens is 1. The van der Waals surface area contributed by atoms with Gasteiger partial charge in [0.15, 0.2) is 0 Å². The summed E-state index contributed by atoms with van der Waals surface area (Å²) >= 11 is 1.69. The molecule has 3 rings (SSSR count). The number of thiophene rings is 1. The van der Waals surface area contributed by atoms with E-state index < -0.39 is 0 Å². The van der Waals surface area contributed by atoms with E-state index in [9.17, 15) is 4.79 Å². The summed E-state index contributed by atoms with van der Waals surface area (Å²) in [6.07, 6.45) is 0. The maximum absolute atomic E-state index is 11.4. The predicted octanol–water partition coefficient (Wildman–Crippen LogP) is 2.78. The topological polar surface area (TPSA) is 68.1 Å². The monoisotopic (exact) mass is 288 g/mol. The van der Waals surface area contributed by atoms with Gasteiger partial charge in [0.05, 0.1) is 0 Å². The second-order valence-electron chi connectivity index (χ2n) is 5.00. The number of aromatic amines is 1. The van der Waals surface area contributed by atoms with Crippen molar-refractivity contribution in [2.24, 2.45) is 5.73 Å². The number of fused-ring (bicyclic) bond motifs is 3. The number of rotatable bonds is 3. The third-order valence-electron chi connectivity index (χ3n) is 3.17. The third-order valence-corrected chi connectivity index (χ3v) is 4.22. The zero-order valence-electron chi connectivity index (χ0n) is 11.4. The van der Waals surface area contributed by atoms with Crippen LogP contribution in [-0.2, 0) is 0 Å². The van der Waals surface area contributed by atoms with Gasteiger partial charge < -0.3 is 15.5 Å². The van der Waals surface area contributed by atoms with E-state index in [2.05, 4.69) is 4.98 Å². The second kappa shape index (κ2) is 4.92.